The van der Waals surface area contributed by atoms with E-state index in [1.54, 1.807) is 43.3 Å². The zero-order valence-electron chi connectivity index (χ0n) is 20.4. The van der Waals surface area contributed by atoms with Crippen LogP contribution in [0.4, 0.5) is 5.69 Å². The van der Waals surface area contributed by atoms with Crippen LogP contribution in [-0.4, -0.2) is 50.0 Å². The second kappa shape index (κ2) is 12.2. The molecule has 0 unspecified atom stereocenters. The highest BCUT2D eigenvalue weighted by Crippen LogP contribution is 2.27. The topological polar surface area (TPSA) is 86.8 Å². The average molecular weight is 619 g/mol. The number of carbonyl (C=O) groups is 2. The van der Waals surface area contributed by atoms with Crippen molar-refractivity contribution in [3.63, 3.8) is 0 Å². The first kappa shape index (κ1) is 28.8. The van der Waals surface area contributed by atoms with Gasteiger partial charge in [-0.2, -0.15) is 0 Å². The molecule has 1 N–H and O–H groups in total. The molecular weight excluding hydrogens is 589 g/mol. The van der Waals surface area contributed by atoms with Gasteiger partial charge in [0, 0.05) is 27.1 Å². The summed E-state index contributed by atoms with van der Waals surface area (Å²) in [6.07, 6.45) is 4.96. The predicted molar refractivity (Wildman–Crippen MR) is 148 cm³/mol. The SMILES string of the molecule is Cc1cc(N(CC(=O)N(Cc2ccc(Cl)cc2Cl)[C@H](C)C(=O)NC2CCCC2)S(C)(=O)=O)ccc1Br. The molecule has 0 radical (unpaired) electrons. The summed E-state index contributed by atoms with van der Waals surface area (Å²) in [5, 5.41) is 3.83. The molecule has 1 saturated carbocycles. The van der Waals surface area contributed by atoms with E-state index >= 15 is 0 Å². The summed E-state index contributed by atoms with van der Waals surface area (Å²) in [4.78, 5) is 28.1. The fourth-order valence-corrected chi connectivity index (χ4v) is 5.76. The van der Waals surface area contributed by atoms with E-state index in [4.69, 9.17) is 23.2 Å². The highest BCUT2D eigenvalue weighted by molar-refractivity contribution is 9.10. The van der Waals surface area contributed by atoms with Crippen LogP contribution >= 0.6 is 39.1 Å². The van der Waals surface area contributed by atoms with Gasteiger partial charge < -0.3 is 10.2 Å². The van der Waals surface area contributed by atoms with Gasteiger partial charge in [0.15, 0.2) is 0 Å². The van der Waals surface area contributed by atoms with Crippen molar-refractivity contribution in [2.45, 2.75) is 58.2 Å². The van der Waals surface area contributed by atoms with Gasteiger partial charge in [-0.05, 0) is 68.1 Å². The number of hydrogen-bond donors (Lipinski definition) is 1. The zero-order valence-corrected chi connectivity index (χ0v) is 24.3. The number of hydrogen-bond acceptors (Lipinski definition) is 4. The highest BCUT2D eigenvalue weighted by Gasteiger charge is 2.31. The molecule has 0 spiro atoms. The van der Waals surface area contributed by atoms with E-state index in [1.807, 2.05) is 6.92 Å². The molecule has 36 heavy (non-hydrogen) atoms. The lowest BCUT2D eigenvalue weighted by atomic mass is 10.1. The van der Waals surface area contributed by atoms with Gasteiger partial charge in [0.2, 0.25) is 21.8 Å². The van der Waals surface area contributed by atoms with Gasteiger partial charge >= 0.3 is 0 Å². The molecule has 2 aromatic rings. The Balaban J connectivity index is 1.92. The molecule has 0 aromatic heterocycles. The van der Waals surface area contributed by atoms with Crippen LogP contribution in [-0.2, 0) is 26.2 Å². The second-order valence-corrected chi connectivity index (χ2v) is 12.7. The normalized spacial score (nSPS) is 14.9. The Morgan fingerprint density at radius 3 is 2.39 bits per heavy atom. The summed E-state index contributed by atoms with van der Waals surface area (Å²) in [6.45, 7) is 3.03. The standard InChI is InChI=1S/C25H30BrCl2N3O4S/c1-16-12-21(10-11-22(16)26)31(36(3,34)35)15-24(32)30(14-18-8-9-19(27)13-23(18)28)17(2)25(33)29-20-6-4-5-7-20/h8-13,17,20H,4-7,14-15H2,1-3H3,(H,29,33)/t17-/m1/s1. The van der Waals surface area contributed by atoms with Gasteiger partial charge in [-0.25, -0.2) is 8.42 Å². The zero-order chi connectivity index (χ0) is 26.6. The molecule has 2 aromatic carbocycles. The minimum atomic E-state index is -3.80. The lowest BCUT2D eigenvalue weighted by Crippen LogP contribution is -2.52. The smallest absolute Gasteiger partial charge is 0.244 e. The third-order valence-electron chi connectivity index (χ3n) is 6.33. The number of anilines is 1. The first-order valence-electron chi connectivity index (χ1n) is 11.6. The van der Waals surface area contributed by atoms with E-state index in [0.717, 1.165) is 46.3 Å². The number of rotatable bonds is 9. The van der Waals surface area contributed by atoms with Crippen LogP contribution in [0.15, 0.2) is 40.9 Å². The number of nitrogens with one attached hydrogen (secondary N) is 1. The van der Waals surface area contributed by atoms with Crippen LogP contribution in [0.1, 0.15) is 43.7 Å². The molecule has 0 saturated heterocycles. The van der Waals surface area contributed by atoms with Gasteiger partial charge in [0.05, 0.1) is 11.9 Å². The lowest BCUT2D eigenvalue weighted by molar-refractivity contribution is -0.139. The van der Waals surface area contributed by atoms with Crippen LogP contribution in [0, 0.1) is 6.92 Å². The van der Waals surface area contributed by atoms with Crippen LogP contribution in [0.25, 0.3) is 0 Å². The molecule has 196 valence electrons. The maximum Gasteiger partial charge on any atom is 0.244 e. The van der Waals surface area contributed by atoms with E-state index in [-0.39, 0.29) is 18.5 Å². The lowest BCUT2D eigenvalue weighted by Gasteiger charge is -2.32. The van der Waals surface area contributed by atoms with Crippen LogP contribution < -0.4 is 9.62 Å². The van der Waals surface area contributed by atoms with E-state index in [2.05, 4.69) is 21.2 Å². The molecule has 3 rings (SSSR count). The van der Waals surface area contributed by atoms with Gasteiger partial charge in [-0.1, -0.05) is 58.0 Å². The minimum absolute atomic E-state index is 0.0189. The third-order valence-corrected chi connectivity index (χ3v) is 8.95. The van der Waals surface area contributed by atoms with E-state index in [1.165, 1.54) is 4.90 Å². The summed E-state index contributed by atoms with van der Waals surface area (Å²) in [6, 6.07) is 9.19. The van der Waals surface area contributed by atoms with Crippen molar-refractivity contribution in [1.29, 1.82) is 0 Å². The Hall–Kier alpha value is -1.81. The Labute approximate surface area is 231 Å². The highest BCUT2D eigenvalue weighted by atomic mass is 79.9. The van der Waals surface area contributed by atoms with Crippen molar-refractivity contribution >= 4 is 66.7 Å². The quantitative estimate of drug-likeness (QED) is 0.413. The van der Waals surface area contributed by atoms with Crippen LogP contribution in [0.5, 0.6) is 0 Å². The van der Waals surface area contributed by atoms with Crippen LogP contribution in [0.2, 0.25) is 10.0 Å². The maximum absolute atomic E-state index is 13.7. The Bertz CT molecular complexity index is 1240. The Morgan fingerprint density at radius 2 is 1.81 bits per heavy atom. The Kier molecular flexibility index (Phi) is 9.71. The molecule has 1 aliphatic rings. The number of nitrogens with zero attached hydrogens (tertiary/aromatic N) is 2. The molecule has 11 heteroatoms. The minimum Gasteiger partial charge on any atom is -0.352 e. The molecule has 0 heterocycles. The summed E-state index contributed by atoms with van der Waals surface area (Å²) < 4.78 is 27.3. The van der Waals surface area contributed by atoms with Crippen molar-refractivity contribution in [3.8, 4) is 0 Å². The van der Waals surface area contributed by atoms with E-state index in [0.29, 0.717) is 21.3 Å². The van der Waals surface area contributed by atoms with Crippen molar-refractivity contribution in [3.05, 3.63) is 62.0 Å². The van der Waals surface area contributed by atoms with Crippen molar-refractivity contribution in [2.24, 2.45) is 0 Å². The van der Waals surface area contributed by atoms with Crippen molar-refractivity contribution < 1.29 is 18.0 Å². The predicted octanol–water partition coefficient (Wildman–Crippen LogP) is 5.31. The number of carbonyl (C=O) groups excluding carboxylic acids is 2. The second-order valence-electron chi connectivity index (χ2n) is 9.13. The Morgan fingerprint density at radius 1 is 1.14 bits per heavy atom. The number of sulfonamides is 1. The molecule has 0 bridgehead atoms. The fourth-order valence-electron chi connectivity index (χ4n) is 4.21. The largest absolute Gasteiger partial charge is 0.352 e. The monoisotopic (exact) mass is 617 g/mol. The summed E-state index contributed by atoms with van der Waals surface area (Å²) >= 11 is 15.8. The van der Waals surface area contributed by atoms with Crippen molar-refractivity contribution in [1.82, 2.24) is 10.2 Å². The molecule has 1 fully saturated rings. The van der Waals surface area contributed by atoms with Crippen LogP contribution in [0.3, 0.4) is 0 Å². The van der Waals surface area contributed by atoms with Gasteiger partial charge in [-0.3, -0.25) is 13.9 Å². The van der Waals surface area contributed by atoms with Gasteiger partial charge in [-0.15, -0.1) is 0 Å². The number of aryl methyl sites for hydroxylation is 1. The first-order valence-corrected chi connectivity index (χ1v) is 15.0. The molecule has 2 amide bonds. The van der Waals surface area contributed by atoms with Gasteiger partial charge in [0.25, 0.3) is 0 Å². The molecule has 0 aliphatic heterocycles. The molecule has 1 atom stereocenters. The number of benzene rings is 2. The molecule has 7 nitrogen and oxygen atoms in total. The molecular formula is C25H30BrCl2N3O4S. The number of amides is 2. The third kappa shape index (κ3) is 7.37. The fraction of sp³-hybridized carbons (Fsp3) is 0.440. The van der Waals surface area contributed by atoms with E-state index in [9.17, 15) is 18.0 Å². The first-order chi connectivity index (χ1) is 16.9. The van der Waals surface area contributed by atoms with E-state index < -0.39 is 28.5 Å². The summed E-state index contributed by atoms with van der Waals surface area (Å²) in [5.41, 5.74) is 1.78. The summed E-state index contributed by atoms with van der Waals surface area (Å²) in [7, 11) is -3.80. The van der Waals surface area contributed by atoms with Crippen molar-refractivity contribution in [2.75, 3.05) is 17.1 Å². The number of halogens is 3. The maximum atomic E-state index is 13.7. The van der Waals surface area contributed by atoms with Gasteiger partial charge in [0.1, 0.15) is 12.6 Å². The molecule has 1 aliphatic carbocycles. The average Bonchev–Trinajstić information content (AvgIpc) is 3.30. The summed E-state index contributed by atoms with van der Waals surface area (Å²) in [5.74, 6) is -0.813.